The summed E-state index contributed by atoms with van der Waals surface area (Å²) in [6, 6.07) is 7.63. The van der Waals surface area contributed by atoms with Crippen molar-refractivity contribution in [3.63, 3.8) is 0 Å². The van der Waals surface area contributed by atoms with Crippen molar-refractivity contribution in [2.45, 2.75) is 30.5 Å². The summed E-state index contributed by atoms with van der Waals surface area (Å²) in [6.45, 7) is -0.712. The molecule has 5 atom stereocenters. The molecule has 2 aromatic carbocycles. The SMILES string of the molecule is O=CO[C@@H]1[C@@H](O)[C@H](O)[C@@H](CO)O[C@H]1c1c(O)cc(O)c2c(=O)cc(-c3ccc(O)cc3)oc12. The molecule has 0 aliphatic carbocycles. The van der Waals surface area contributed by atoms with Gasteiger partial charge in [-0.1, -0.05) is 0 Å². The van der Waals surface area contributed by atoms with E-state index >= 15 is 0 Å². The van der Waals surface area contributed by atoms with Gasteiger partial charge >= 0.3 is 0 Å². The van der Waals surface area contributed by atoms with Crippen molar-refractivity contribution >= 4 is 17.4 Å². The molecule has 1 aromatic heterocycles. The minimum atomic E-state index is -1.72. The van der Waals surface area contributed by atoms with E-state index in [4.69, 9.17) is 13.9 Å². The number of rotatable bonds is 5. The van der Waals surface area contributed by atoms with Crippen LogP contribution in [-0.4, -0.2) is 68.1 Å². The van der Waals surface area contributed by atoms with Gasteiger partial charge in [-0.05, 0) is 24.3 Å². The first kappa shape index (κ1) is 22.6. The van der Waals surface area contributed by atoms with E-state index in [1.165, 1.54) is 24.3 Å². The van der Waals surface area contributed by atoms with Crippen LogP contribution in [0.15, 0.2) is 45.6 Å². The smallest absolute Gasteiger partial charge is 0.293 e. The first-order valence-electron chi connectivity index (χ1n) is 9.80. The Labute approximate surface area is 185 Å². The van der Waals surface area contributed by atoms with E-state index in [9.17, 15) is 40.2 Å². The zero-order chi connectivity index (χ0) is 23.9. The molecule has 0 spiro atoms. The quantitative estimate of drug-likeness (QED) is 0.287. The standard InChI is InChI=1S/C22H20O11/c23-7-15-18(29)19(30)22(31-8-24)21(33-15)17-12(27)5-11(26)16-13(28)6-14(32-20(16)17)9-1-3-10(25)4-2-9/h1-6,8,15,18-19,21-23,25-27,29-30H,7H2/t15-,18-,19+,21+,22-/m1/s1. The van der Waals surface area contributed by atoms with E-state index in [1.54, 1.807) is 0 Å². The van der Waals surface area contributed by atoms with Gasteiger partial charge in [-0.25, -0.2) is 0 Å². The summed E-state index contributed by atoms with van der Waals surface area (Å²) >= 11 is 0. The minimum absolute atomic E-state index is 0.00787. The number of phenolic OH excluding ortho intramolecular Hbond substituents is 3. The number of fused-ring (bicyclic) bond motifs is 1. The Hall–Kier alpha value is -3.64. The highest BCUT2D eigenvalue weighted by Crippen LogP contribution is 2.44. The zero-order valence-electron chi connectivity index (χ0n) is 16.9. The van der Waals surface area contributed by atoms with Gasteiger partial charge in [-0.2, -0.15) is 0 Å². The number of phenols is 3. The Kier molecular flexibility index (Phi) is 5.95. The van der Waals surface area contributed by atoms with E-state index in [1.807, 2.05) is 0 Å². The summed E-state index contributed by atoms with van der Waals surface area (Å²) in [7, 11) is 0. The van der Waals surface area contributed by atoms with Gasteiger partial charge in [0.05, 0.1) is 12.2 Å². The highest BCUT2D eigenvalue weighted by atomic mass is 16.6. The molecule has 0 unspecified atom stereocenters. The van der Waals surface area contributed by atoms with Gasteiger partial charge in [0.25, 0.3) is 6.47 Å². The highest BCUT2D eigenvalue weighted by Gasteiger charge is 2.48. The van der Waals surface area contributed by atoms with Crippen LogP contribution in [0.1, 0.15) is 11.7 Å². The fraction of sp³-hybridized carbons (Fsp3) is 0.273. The molecule has 1 aliphatic rings. The molecule has 0 amide bonds. The van der Waals surface area contributed by atoms with Crippen LogP contribution in [-0.2, 0) is 14.3 Å². The fourth-order valence-corrected chi connectivity index (χ4v) is 3.90. The Balaban J connectivity index is 1.98. The molecule has 1 aliphatic heterocycles. The number of carbonyl (C=O) groups is 1. The predicted octanol–water partition coefficient (Wildman–Crippen LogP) is 0.272. The van der Waals surface area contributed by atoms with E-state index in [2.05, 4.69) is 0 Å². The van der Waals surface area contributed by atoms with Gasteiger partial charge in [0.1, 0.15) is 52.8 Å². The van der Waals surface area contributed by atoms with Crippen LogP contribution in [0.3, 0.4) is 0 Å². The van der Waals surface area contributed by atoms with E-state index in [0.29, 0.717) is 5.56 Å². The molecule has 11 heteroatoms. The Bertz CT molecular complexity index is 1230. The molecule has 0 radical (unpaired) electrons. The summed E-state index contributed by atoms with van der Waals surface area (Å²) in [5, 5.41) is 60.3. The first-order chi connectivity index (χ1) is 15.8. The lowest BCUT2D eigenvalue weighted by molar-refractivity contribution is -0.236. The number of ether oxygens (including phenoxy) is 2. The summed E-state index contributed by atoms with van der Waals surface area (Å²) in [6.07, 6.45) is -7.72. The van der Waals surface area contributed by atoms with Gasteiger partial charge in [0.15, 0.2) is 17.1 Å². The normalized spacial score (nSPS) is 25.1. The molecule has 11 nitrogen and oxygen atoms in total. The summed E-state index contributed by atoms with van der Waals surface area (Å²) in [5.74, 6) is -1.22. The molecule has 0 saturated carbocycles. The molecule has 3 aromatic rings. The van der Waals surface area contributed by atoms with Gasteiger partial charge < -0.3 is 44.5 Å². The van der Waals surface area contributed by atoms with Crippen LogP contribution in [0, 0.1) is 0 Å². The predicted molar refractivity (Wildman–Crippen MR) is 111 cm³/mol. The molecule has 0 bridgehead atoms. The number of aliphatic hydroxyl groups excluding tert-OH is 3. The summed E-state index contributed by atoms with van der Waals surface area (Å²) in [5.41, 5.74) is -0.875. The van der Waals surface area contributed by atoms with Crippen molar-refractivity contribution in [2.24, 2.45) is 0 Å². The fourth-order valence-electron chi connectivity index (χ4n) is 3.90. The van der Waals surface area contributed by atoms with E-state index in [0.717, 1.165) is 12.1 Å². The maximum Gasteiger partial charge on any atom is 0.293 e. The summed E-state index contributed by atoms with van der Waals surface area (Å²) in [4.78, 5) is 23.9. The minimum Gasteiger partial charge on any atom is -0.508 e. The number of aromatic hydroxyl groups is 3. The third-order valence-electron chi connectivity index (χ3n) is 5.51. The molecule has 4 rings (SSSR count). The first-order valence-corrected chi connectivity index (χ1v) is 9.80. The van der Waals surface area contributed by atoms with E-state index < -0.39 is 54.1 Å². The van der Waals surface area contributed by atoms with Gasteiger partial charge in [-0.15, -0.1) is 0 Å². The second-order valence-electron chi connectivity index (χ2n) is 7.51. The third-order valence-corrected chi connectivity index (χ3v) is 5.51. The van der Waals surface area contributed by atoms with Crippen LogP contribution in [0.2, 0.25) is 0 Å². The summed E-state index contributed by atoms with van der Waals surface area (Å²) < 4.78 is 16.4. The molecular formula is C22H20O11. The van der Waals surface area contributed by atoms with Gasteiger partial charge in [-0.3, -0.25) is 9.59 Å². The third kappa shape index (κ3) is 3.87. The average Bonchev–Trinajstić information content (AvgIpc) is 2.78. The highest BCUT2D eigenvalue weighted by molar-refractivity contribution is 5.89. The topological polar surface area (TPSA) is 187 Å². The Morgan fingerprint density at radius 1 is 1.00 bits per heavy atom. The van der Waals surface area contributed by atoms with Crippen molar-refractivity contribution in [1.29, 1.82) is 0 Å². The molecular weight excluding hydrogens is 440 g/mol. The van der Waals surface area contributed by atoms with Crippen LogP contribution in [0.4, 0.5) is 0 Å². The molecule has 174 valence electrons. The van der Waals surface area contributed by atoms with Crippen LogP contribution in [0.25, 0.3) is 22.3 Å². The number of hydrogen-bond donors (Lipinski definition) is 6. The largest absolute Gasteiger partial charge is 0.508 e. The van der Waals surface area contributed by atoms with Crippen molar-refractivity contribution in [3.8, 4) is 28.6 Å². The Morgan fingerprint density at radius 3 is 2.33 bits per heavy atom. The zero-order valence-corrected chi connectivity index (χ0v) is 16.9. The monoisotopic (exact) mass is 460 g/mol. The van der Waals surface area contributed by atoms with E-state index in [-0.39, 0.29) is 34.5 Å². The van der Waals surface area contributed by atoms with Crippen LogP contribution >= 0.6 is 0 Å². The lowest BCUT2D eigenvalue weighted by Gasteiger charge is -2.41. The molecule has 33 heavy (non-hydrogen) atoms. The maximum atomic E-state index is 12.8. The molecule has 1 fully saturated rings. The van der Waals surface area contributed by atoms with Crippen molar-refractivity contribution in [3.05, 3.63) is 52.2 Å². The lowest BCUT2D eigenvalue weighted by Crippen LogP contribution is -2.56. The molecule has 6 N–H and O–H groups in total. The second-order valence-corrected chi connectivity index (χ2v) is 7.51. The number of aliphatic hydroxyl groups is 3. The number of hydrogen-bond acceptors (Lipinski definition) is 11. The van der Waals surface area contributed by atoms with Crippen molar-refractivity contribution in [2.75, 3.05) is 6.61 Å². The lowest BCUT2D eigenvalue weighted by atomic mass is 9.89. The number of carbonyl (C=O) groups excluding carboxylic acids is 1. The molecule has 2 heterocycles. The Morgan fingerprint density at radius 2 is 1.70 bits per heavy atom. The number of benzene rings is 2. The van der Waals surface area contributed by atoms with Gasteiger partial charge in [0, 0.05) is 17.7 Å². The van der Waals surface area contributed by atoms with Crippen molar-refractivity contribution < 1.29 is 49.3 Å². The maximum absolute atomic E-state index is 12.8. The second kappa shape index (κ2) is 8.71. The van der Waals surface area contributed by atoms with Crippen molar-refractivity contribution in [1.82, 2.24) is 0 Å². The van der Waals surface area contributed by atoms with Gasteiger partial charge in [0.2, 0.25) is 0 Å². The average molecular weight is 460 g/mol. The van der Waals surface area contributed by atoms with Crippen LogP contribution < -0.4 is 5.43 Å². The van der Waals surface area contributed by atoms with Crippen LogP contribution in [0.5, 0.6) is 17.2 Å². The molecule has 1 saturated heterocycles.